The molecule has 0 aliphatic carbocycles. The van der Waals surface area contributed by atoms with E-state index in [1.807, 2.05) is 24.0 Å². The number of imidazole rings is 1. The van der Waals surface area contributed by atoms with E-state index in [2.05, 4.69) is 10.6 Å². The fraction of sp³-hybridized carbons (Fsp3) is 0.371. The molecule has 13 nitrogen and oxygen atoms in total. The fourth-order valence-electron chi connectivity index (χ4n) is 5.72. The Labute approximate surface area is 277 Å². The maximum absolute atomic E-state index is 14.1. The number of carbonyl (C=O) groups excluding carboxylic acids is 3. The van der Waals surface area contributed by atoms with Gasteiger partial charge >= 0.3 is 11.8 Å². The normalized spacial score (nSPS) is 15.1. The Kier molecular flexibility index (Phi) is 9.97. The van der Waals surface area contributed by atoms with Gasteiger partial charge < -0.3 is 24.8 Å². The summed E-state index contributed by atoms with van der Waals surface area (Å²) in [5.41, 5.74) is -0.785. The Bertz CT molecular complexity index is 1980. The molecule has 0 saturated carbocycles. The summed E-state index contributed by atoms with van der Waals surface area (Å²) in [7, 11) is 1.51. The Morgan fingerprint density at radius 2 is 1.73 bits per heavy atom. The highest BCUT2D eigenvalue weighted by molar-refractivity contribution is 6.09. The lowest BCUT2D eigenvalue weighted by molar-refractivity contribution is 0.0499. The first-order valence-electron chi connectivity index (χ1n) is 15.9. The molecule has 1 unspecified atom stereocenters. The van der Waals surface area contributed by atoms with Crippen molar-refractivity contribution in [1.82, 2.24) is 24.0 Å². The molecule has 2 N–H and O–H groups in total. The SMILES string of the molecule is CC=CCn1c(N2CCCC(NC(=O)OC(C)(C)C)C2)nc2c1c(=O)n(CC(=O)c1ccccc1NC(=O)c1ccccc1)c(=O)n2C. The van der Waals surface area contributed by atoms with E-state index in [9.17, 15) is 24.0 Å². The van der Waals surface area contributed by atoms with Crippen molar-refractivity contribution < 1.29 is 19.1 Å². The standard InChI is InChI=1S/C35H41N7O6/c1-6-7-20-41-28-29(38-32(41)40-19-13-16-24(21-40)36-33(46)48-35(2,3)4)39(5)34(47)42(31(28)45)22-27(43)25-17-11-12-18-26(25)37-30(44)23-14-9-8-10-15-23/h6-12,14-15,17-18,24H,13,16,19-22H2,1-5H3,(H,36,46)(H,37,44). The van der Waals surface area contributed by atoms with Crippen molar-refractivity contribution in [3.63, 3.8) is 0 Å². The summed E-state index contributed by atoms with van der Waals surface area (Å²) >= 11 is 0. The van der Waals surface area contributed by atoms with Crippen molar-refractivity contribution in [3.8, 4) is 0 Å². The molecule has 2 aromatic heterocycles. The van der Waals surface area contributed by atoms with Crippen LogP contribution in [0.4, 0.5) is 16.4 Å². The number of carbonyl (C=O) groups is 3. The number of piperidine rings is 1. The third kappa shape index (κ3) is 7.40. The number of aryl methyl sites for hydroxylation is 1. The van der Waals surface area contributed by atoms with Gasteiger partial charge in [0.05, 0.1) is 12.2 Å². The third-order valence-electron chi connectivity index (χ3n) is 7.97. The number of allylic oxidation sites excluding steroid dienone is 2. The predicted octanol–water partition coefficient (Wildman–Crippen LogP) is 4.10. The molecule has 2 aromatic carbocycles. The molecule has 3 heterocycles. The minimum Gasteiger partial charge on any atom is -0.444 e. The van der Waals surface area contributed by atoms with Crippen molar-refractivity contribution in [2.24, 2.45) is 7.05 Å². The Hall–Kier alpha value is -5.46. The second-order valence-corrected chi connectivity index (χ2v) is 12.7. The van der Waals surface area contributed by atoms with Crippen LogP contribution in [-0.4, -0.2) is 61.2 Å². The topological polar surface area (TPSA) is 150 Å². The van der Waals surface area contributed by atoms with Crippen molar-refractivity contribution in [3.05, 3.63) is 98.7 Å². The number of para-hydroxylation sites is 1. The fourth-order valence-corrected chi connectivity index (χ4v) is 5.72. The molecule has 1 aliphatic heterocycles. The van der Waals surface area contributed by atoms with Crippen molar-refractivity contribution in [1.29, 1.82) is 0 Å². The molecule has 1 saturated heterocycles. The average molecular weight is 656 g/mol. The largest absolute Gasteiger partial charge is 0.444 e. The van der Waals surface area contributed by atoms with Crippen molar-refractivity contribution in [2.45, 2.75) is 65.3 Å². The van der Waals surface area contributed by atoms with Gasteiger partial charge in [-0.1, -0.05) is 42.5 Å². The predicted molar refractivity (Wildman–Crippen MR) is 184 cm³/mol. The monoisotopic (exact) mass is 655 g/mol. The lowest BCUT2D eigenvalue weighted by atomic mass is 10.1. The average Bonchev–Trinajstić information content (AvgIpc) is 3.44. The van der Waals surface area contributed by atoms with Crippen molar-refractivity contribution in [2.75, 3.05) is 23.3 Å². The van der Waals surface area contributed by atoms with Gasteiger partial charge in [-0.15, -0.1) is 0 Å². The Balaban J connectivity index is 1.48. The van der Waals surface area contributed by atoms with Gasteiger partial charge in [-0.25, -0.2) is 9.59 Å². The number of fused-ring (bicyclic) bond motifs is 1. The summed E-state index contributed by atoms with van der Waals surface area (Å²) in [5.74, 6) is -0.444. The molecule has 252 valence electrons. The van der Waals surface area contributed by atoms with Crippen LogP contribution in [-0.2, 0) is 24.9 Å². The zero-order valence-electron chi connectivity index (χ0n) is 27.9. The highest BCUT2D eigenvalue weighted by atomic mass is 16.6. The molecular formula is C35H41N7O6. The van der Waals surface area contributed by atoms with E-state index >= 15 is 0 Å². The number of hydrogen-bond donors (Lipinski definition) is 2. The number of nitrogens with one attached hydrogen (secondary N) is 2. The molecule has 2 amide bonds. The molecular weight excluding hydrogens is 614 g/mol. The summed E-state index contributed by atoms with van der Waals surface area (Å²) in [6, 6.07) is 14.8. The summed E-state index contributed by atoms with van der Waals surface area (Å²) in [6.45, 7) is 8.06. The first kappa shape index (κ1) is 33.9. The number of Topliss-reactive ketones (excluding diaryl/α,β-unsaturated/α-hetero) is 1. The summed E-state index contributed by atoms with van der Waals surface area (Å²) in [5, 5.41) is 5.71. The van der Waals surface area contributed by atoms with E-state index in [-0.39, 0.29) is 28.5 Å². The lowest BCUT2D eigenvalue weighted by Crippen LogP contribution is -2.49. The van der Waals surface area contributed by atoms with Gasteiger partial charge in [-0.05, 0) is 64.8 Å². The quantitative estimate of drug-likeness (QED) is 0.202. The van der Waals surface area contributed by atoms with E-state index in [1.54, 1.807) is 79.9 Å². The van der Waals surface area contributed by atoms with Gasteiger partial charge in [0.1, 0.15) is 5.60 Å². The van der Waals surface area contributed by atoms with Crippen LogP contribution >= 0.6 is 0 Å². The Morgan fingerprint density at radius 1 is 1.02 bits per heavy atom. The van der Waals surface area contributed by atoms with Crippen LogP contribution in [0, 0.1) is 0 Å². The van der Waals surface area contributed by atoms with E-state index in [0.717, 1.165) is 17.4 Å². The number of ketones is 1. The Morgan fingerprint density at radius 3 is 2.44 bits per heavy atom. The molecule has 1 fully saturated rings. The number of nitrogens with zero attached hydrogens (tertiary/aromatic N) is 5. The number of hydrogen-bond acceptors (Lipinski definition) is 8. The minimum atomic E-state index is -0.697. The molecule has 4 aromatic rings. The maximum atomic E-state index is 14.1. The zero-order chi connectivity index (χ0) is 34.6. The van der Waals surface area contributed by atoms with E-state index in [4.69, 9.17) is 9.72 Å². The van der Waals surface area contributed by atoms with Crippen LogP contribution in [0.3, 0.4) is 0 Å². The van der Waals surface area contributed by atoms with Crippen LogP contribution < -0.4 is 26.8 Å². The zero-order valence-corrected chi connectivity index (χ0v) is 27.9. The van der Waals surface area contributed by atoms with Gasteiger partial charge in [0, 0.05) is 43.9 Å². The van der Waals surface area contributed by atoms with Gasteiger partial charge in [-0.2, -0.15) is 4.98 Å². The van der Waals surface area contributed by atoms with E-state index < -0.39 is 41.2 Å². The molecule has 0 bridgehead atoms. The molecule has 0 radical (unpaired) electrons. The second kappa shape index (κ2) is 14.1. The van der Waals surface area contributed by atoms with Gasteiger partial charge in [0.25, 0.3) is 11.5 Å². The first-order valence-corrected chi connectivity index (χ1v) is 15.9. The number of rotatable bonds is 9. The first-order chi connectivity index (χ1) is 22.9. The maximum Gasteiger partial charge on any atom is 0.407 e. The molecule has 13 heteroatoms. The van der Waals surface area contributed by atoms with Gasteiger partial charge in [0.2, 0.25) is 5.95 Å². The molecule has 0 spiro atoms. The lowest BCUT2D eigenvalue weighted by Gasteiger charge is -2.34. The van der Waals surface area contributed by atoms with Crippen LogP contribution in [0.2, 0.25) is 0 Å². The second-order valence-electron chi connectivity index (χ2n) is 12.7. The highest BCUT2D eigenvalue weighted by Gasteiger charge is 2.29. The van der Waals surface area contributed by atoms with Crippen LogP contribution in [0.15, 0.2) is 76.3 Å². The number of alkyl carbamates (subject to hydrolysis) is 1. The number of anilines is 2. The number of amides is 2. The van der Waals surface area contributed by atoms with Crippen LogP contribution in [0.5, 0.6) is 0 Å². The van der Waals surface area contributed by atoms with E-state index in [1.165, 1.54) is 11.6 Å². The molecule has 1 aliphatic rings. The number of ether oxygens (including phenoxy) is 1. The molecule has 48 heavy (non-hydrogen) atoms. The van der Waals surface area contributed by atoms with E-state index in [0.29, 0.717) is 31.1 Å². The molecule has 5 rings (SSSR count). The number of aromatic nitrogens is 4. The van der Waals surface area contributed by atoms with Crippen LogP contribution in [0.1, 0.15) is 61.3 Å². The highest BCUT2D eigenvalue weighted by Crippen LogP contribution is 2.24. The minimum absolute atomic E-state index is 0.163. The third-order valence-corrected chi connectivity index (χ3v) is 7.97. The van der Waals surface area contributed by atoms with Crippen LogP contribution in [0.25, 0.3) is 11.2 Å². The molecule has 1 atom stereocenters. The summed E-state index contributed by atoms with van der Waals surface area (Å²) in [4.78, 5) is 73.5. The van der Waals surface area contributed by atoms with Crippen molar-refractivity contribution >= 4 is 40.6 Å². The smallest absolute Gasteiger partial charge is 0.407 e. The number of benzene rings is 2. The van der Waals surface area contributed by atoms with Gasteiger partial charge in [0.15, 0.2) is 16.9 Å². The summed E-state index contributed by atoms with van der Waals surface area (Å²) < 4.78 is 9.35. The summed E-state index contributed by atoms with van der Waals surface area (Å²) in [6.07, 6.45) is 4.71. The van der Waals surface area contributed by atoms with Gasteiger partial charge in [-0.3, -0.25) is 23.5 Å².